The molecule has 1 fully saturated rings. The van der Waals surface area contributed by atoms with Gasteiger partial charge in [-0.3, -0.25) is 4.79 Å². The van der Waals surface area contributed by atoms with Crippen LogP contribution in [0, 0.1) is 11.8 Å². The molecule has 0 spiro atoms. The molecule has 9 heteroatoms. The summed E-state index contributed by atoms with van der Waals surface area (Å²) in [5.41, 5.74) is -0.819. The molecule has 1 aromatic carbocycles. The van der Waals surface area contributed by atoms with Crippen molar-refractivity contribution in [3.8, 4) is 5.75 Å². The maximum absolute atomic E-state index is 12.9. The standard InChI is InChI=1S/C29H41F3O6/c1-19(2)37-27-17-26(34)24(12-7-5-6-8-13-28(35)38-20(3)4)25(27)15-14-22(33)18-36-23-11-9-10-21(16-23)29(30,31)32/h5,7,9-11,14-16,19-20,22,24-27,33-34H,6,8,12-13,17-18H2,1-4H3/b7-5-,15-14+/t22-,24-,25-,26+,27-/m1/s1. The van der Waals surface area contributed by atoms with Crippen molar-refractivity contribution in [1.29, 1.82) is 0 Å². The molecule has 6 nitrogen and oxygen atoms in total. The van der Waals surface area contributed by atoms with E-state index in [0.29, 0.717) is 32.1 Å². The lowest BCUT2D eigenvalue weighted by atomic mass is 9.89. The van der Waals surface area contributed by atoms with Gasteiger partial charge in [0.05, 0.1) is 30.0 Å². The molecule has 0 aliphatic heterocycles. The van der Waals surface area contributed by atoms with Gasteiger partial charge in [0, 0.05) is 18.8 Å². The van der Waals surface area contributed by atoms with Gasteiger partial charge in [0.15, 0.2) is 0 Å². The van der Waals surface area contributed by atoms with Crippen LogP contribution in [0.3, 0.4) is 0 Å². The van der Waals surface area contributed by atoms with Crippen LogP contribution in [0.15, 0.2) is 48.6 Å². The first-order valence-electron chi connectivity index (χ1n) is 13.2. The van der Waals surface area contributed by atoms with Crippen molar-refractivity contribution in [2.75, 3.05) is 6.61 Å². The molecule has 2 rings (SSSR count). The summed E-state index contributed by atoms with van der Waals surface area (Å²) in [4.78, 5) is 11.6. The van der Waals surface area contributed by atoms with Crippen LogP contribution in [0.2, 0.25) is 0 Å². The van der Waals surface area contributed by atoms with Crippen LogP contribution in [0.4, 0.5) is 13.2 Å². The summed E-state index contributed by atoms with van der Waals surface area (Å²) in [5, 5.41) is 21.1. The third-order valence-corrected chi connectivity index (χ3v) is 6.17. The Hall–Kier alpha value is -2.36. The molecule has 1 saturated carbocycles. The molecule has 0 bridgehead atoms. The Morgan fingerprint density at radius 1 is 1.16 bits per heavy atom. The maximum atomic E-state index is 12.9. The van der Waals surface area contributed by atoms with E-state index in [1.54, 1.807) is 6.08 Å². The topological polar surface area (TPSA) is 85.2 Å². The largest absolute Gasteiger partial charge is 0.491 e. The van der Waals surface area contributed by atoms with Gasteiger partial charge in [-0.2, -0.15) is 13.2 Å². The second-order valence-corrected chi connectivity index (χ2v) is 10.2. The van der Waals surface area contributed by atoms with E-state index in [9.17, 15) is 28.2 Å². The van der Waals surface area contributed by atoms with Crippen molar-refractivity contribution < 1.29 is 42.4 Å². The fraction of sp³-hybridized carbons (Fsp3) is 0.621. The number of esters is 1. The first-order chi connectivity index (χ1) is 17.9. The predicted molar refractivity (Wildman–Crippen MR) is 139 cm³/mol. The molecule has 214 valence electrons. The molecule has 0 unspecified atom stereocenters. The summed E-state index contributed by atoms with van der Waals surface area (Å²) in [6, 6.07) is 4.51. The summed E-state index contributed by atoms with van der Waals surface area (Å²) in [6.07, 6.45) is 3.63. The number of benzene rings is 1. The van der Waals surface area contributed by atoms with Gasteiger partial charge in [0.2, 0.25) is 0 Å². The van der Waals surface area contributed by atoms with E-state index in [4.69, 9.17) is 14.2 Å². The highest BCUT2D eigenvalue weighted by Crippen LogP contribution is 2.39. The van der Waals surface area contributed by atoms with Gasteiger partial charge in [0.1, 0.15) is 18.5 Å². The lowest BCUT2D eigenvalue weighted by Gasteiger charge is -2.24. The number of hydrogen-bond donors (Lipinski definition) is 2. The van der Waals surface area contributed by atoms with E-state index >= 15 is 0 Å². The van der Waals surface area contributed by atoms with Gasteiger partial charge in [-0.15, -0.1) is 0 Å². The predicted octanol–water partition coefficient (Wildman–Crippen LogP) is 5.86. The fourth-order valence-corrected chi connectivity index (χ4v) is 4.49. The smallest absolute Gasteiger partial charge is 0.416 e. The molecule has 2 N–H and O–H groups in total. The molecule has 0 aromatic heterocycles. The monoisotopic (exact) mass is 542 g/mol. The SMILES string of the molecule is CC(C)OC(=O)CCC/C=C\C[C@@H]1[C@@H](/C=C/[C@@H](O)COc2cccc(C(F)(F)F)c2)[C@H](OC(C)C)C[C@@H]1O. The number of aliphatic hydroxyl groups excluding tert-OH is 2. The Morgan fingerprint density at radius 3 is 2.55 bits per heavy atom. The number of aliphatic hydroxyl groups is 2. The molecule has 0 saturated heterocycles. The Balaban J connectivity index is 1.94. The zero-order valence-corrected chi connectivity index (χ0v) is 22.6. The van der Waals surface area contributed by atoms with E-state index in [2.05, 4.69) is 0 Å². The van der Waals surface area contributed by atoms with Gasteiger partial charge in [0.25, 0.3) is 0 Å². The quantitative estimate of drug-likeness (QED) is 0.174. The maximum Gasteiger partial charge on any atom is 0.416 e. The van der Waals surface area contributed by atoms with Crippen LogP contribution >= 0.6 is 0 Å². The van der Waals surface area contributed by atoms with E-state index < -0.39 is 23.9 Å². The van der Waals surface area contributed by atoms with Crippen LogP contribution < -0.4 is 4.74 Å². The second kappa shape index (κ2) is 15.3. The lowest BCUT2D eigenvalue weighted by molar-refractivity contribution is -0.147. The first-order valence-corrected chi connectivity index (χ1v) is 13.2. The summed E-state index contributed by atoms with van der Waals surface area (Å²) in [5.74, 6) is -0.492. The number of rotatable bonds is 14. The van der Waals surface area contributed by atoms with Crippen LogP contribution in [0.25, 0.3) is 0 Å². The minimum Gasteiger partial charge on any atom is -0.491 e. The van der Waals surface area contributed by atoms with E-state index in [1.165, 1.54) is 12.1 Å². The minimum atomic E-state index is -4.48. The second-order valence-electron chi connectivity index (χ2n) is 10.2. The van der Waals surface area contributed by atoms with E-state index in [-0.39, 0.29) is 48.5 Å². The summed E-state index contributed by atoms with van der Waals surface area (Å²) >= 11 is 0. The van der Waals surface area contributed by atoms with Crippen molar-refractivity contribution in [2.45, 2.75) is 96.5 Å². The average molecular weight is 543 g/mol. The number of halogens is 3. The molecule has 0 amide bonds. The molecule has 0 radical (unpaired) electrons. The van der Waals surface area contributed by atoms with Crippen LogP contribution in [0.5, 0.6) is 5.75 Å². The normalized spacial score (nSPS) is 23.1. The number of carbonyl (C=O) groups is 1. The molecule has 0 heterocycles. The van der Waals surface area contributed by atoms with Crippen molar-refractivity contribution in [3.63, 3.8) is 0 Å². The highest BCUT2D eigenvalue weighted by molar-refractivity contribution is 5.69. The van der Waals surface area contributed by atoms with E-state index in [1.807, 2.05) is 45.9 Å². The molecule has 38 heavy (non-hydrogen) atoms. The number of unbranched alkanes of at least 4 members (excludes halogenated alkanes) is 1. The number of alkyl halides is 3. The third-order valence-electron chi connectivity index (χ3n) is 6.17. The minimum absolute atomic E-state index is 0.0186. The number of hydrogen-bond acceptors (Lipinski definition) is 6. The molecule has 1 aromatic rings. The molecule has 5 atom stereocenters. The Morgan fingerprint density at radius 2 is 1.89 bits per heavy atom. The average Bonchev–Trinajstić information content (AvgIpc) is 3.10. The number of ether oxygens (including phenoxy) is 3. The van der Waals surface area contributed by atoms with Crippen LogP contribution in [0.1, 0.15) is 65.4 Å². The first kappa shape index (κ1) is 31.9. The zero-order chi connectivity index (χ0) is 28.3. The van der Waals surface area contributed by atoms with Gasteiger partial charge in [-0.1, -0.05) is 30.4 Å². The van der Waals surface area contributed by atoms with Gasteiger partial charge >= 0.3 is 12.1 Å². The summed E-state index contributed by atoms with van der Waals surface area (Å²) in [7, 11) is 0. The molecular formula is C29H41F3O6. The lowest BCUT2D eigenvalue weighted by Crippen LogP contribution is -2.25. The summed E-state index contributed by atoms with van der Waals surface area (Å²) < 4.78 is 55.2. The highest BCUT2D eigenvalue weighted by atomic mass is 19.4. The fourth-order valence-electron chi connectivity index (χ4n) is 4.49. The summed E-state index contributed by atoms with van der Waals surface area (Å²) in [6.45, 7) is 7.25. The molecule has 1 aliphatic rings. The number of allylic oxidation sites excluding steroid dienone is 2. The Bertz CT molecular complexity index is 912. The number of carbonyl (C=O) groups excluding carboxylic acids is 1. The Kier molecular flexibility index (Phi) is 12.8. The van der Waals surface area contributed by atoms with Crippen molar-refractivity contribution in [1.82, 2.24) is 0 Å². The van der Waals surface area contributed by atoms with Gasteiger partial charge in [-0.05, 0) is 71.1 Å². The molecule has 1 aliphatic carbocycles. The van der Waals surface area contributed by atoms with Crippen molar-refractivity contribution >= 4 is 5.97 Å². The van der Waals surface area contributed by atoms with Gasteiger partial charge in [-0.25, -0.2) is 0 Å². The van der Waals surface area contributed by atoms with Crippen LogP contribution in [-0.2, 0) is 20.4 Å². The van der Waals surface area contributed by atoms with Crippen molar-refractivity contribution in [3.05, 3.63) is 54.1 Å². The van der Waals surface area contributed by atoms with Gasteiger partial charge < -0.3 is 24.4 Å². The van der Waals surface area contributed by atoms with Crippen molar-refractivity contribution in [2.24, 2.45) is 11.8 Å². The zero-order valence-electron chi connectivity index (χ0n) is 22.6. The Labute approximate surface area is 223 Å². The highest BCUT2D eigenvalue weighted by Gasteiger charge is 2.41. The molecular weight excluding hydrogens is 501 g/mol. The van der Waals surface area contributed by atoms with Crippen LogP contribution in [-0.4, -0.2) is 53.3 Å². The van der Waals surface area contributed by atoms with E-state index in [0.717, 1.165) is 12.1 Å². The third kappa shape index (κ3) is 11.2.